The third-order valence-electron chi connectivity index (χ3n) is 3.86. The molecule has 1 aliphatic heterocycles. The molecule has 1 atom stereocenters. The summed E-state index contributed by atoms with van der Waals surface area (Å²) in [4.78, 5) is 15.2. The first-order chi connectivity index (χ1) is 9.43. The minimum absolute atomic E-state index is 0.0778. The van der Waals surface area contributed by atoms with Gasteiger partial charge in [-0.15, -0.1) is 11.3 Å². The molecular formula is C16H21NO2S. The van der Waals surface area contributed by atoms with E-state index in [9.17, 15) is 4.79 Å². The molecule has 2 rings (SSSR count). The van der Waals surface area contributed by atoms with Gasteiger partial charge in [-0.3, -0.25) is 4.79 Å². The monoisotopic (exact) mass is 291 g/mol. The summed E-state index contributed by atoms with van der Waals surface area (Å²) in [6, 6.07) is 1.85. The molecule has 20 heavy (non-hydrogen) atoms. The fourth-order valence-corrected chi connectivity index (χ4v) is 3.32. The molecule has 1 aromatic heterocycles. The van der Waals surface area contributed by atoms with Crippen LogP contribution in [0, 0.1) is 23.2 Å². The van der Waals surface area contributed by atoms with Gasteiger partial charge in [0.05, 0.1) is 0 Å². The summed E-state index contributed by atoms with van der Waals surface area (Å²) >= 11 is 1.43. The third kappa shape index (κ3) is 3.23. The van der Waals surface area contributed by atoms with Crippen LogP contribution in [0.1, 0.15) is 42.4 Å². The van der Waals surface area contributed by atoms with Crippen molar-refractivity contribution in [1.82, 2.24) is 4.90 Å². The number of hydrogen-bond donors (Lipinski definition) is 1. The lowest BCUT2D eigenvalue weighted by Crippen LogP contribution is -2.31. The molecule has 0 radical (unpaired) electrons. The zero-order valence-electron chi connectivity index (χ0n) is 12.3. The molecule has 0 aromatic carbocycles. The van der Waals surface area contributed by atoms with E-state index in [1.807, 2.05) is 16.3 Å². The summed E-state index contributed by atoms with van der Waals surface area (Å²) in [5.74, 6) is 6.09. The Kier molecular flexibility index (Phi) is 4.52. The lowest BCUT2D eigenvalue weighted by molar-refractivity contribution is 0.0781. The Morgan fingerprint density at radius 1 is 1.55 bits per heavy atom. The Balaban J connectivity index is 2.12. The van der Waals surface area contributed by atoms with E-state index in [1.165, 1.54) is 11.3 Å². The lowest BCUT2D eigenvalue weighted by atomic mass is 9.80. The Labute approximate surface area is 124 Å². The normalized spacial score (nSPS) is 18.8. The Morgan fingerprint density at radius 2 is 2.30 bits per heavy atom. The van der Waals surface area contributed by atoms with Crippen LogP contribution in [0.3, 0.4) is 0 Å². The van der Waals surface area contributed by atoms with Crippen molar-refractivity contribution in [2.45, 2.75) is 27.2 Å². The average Bonchev–Trinajstić information content (AvgIpc) is 3.03. The van der Waals surface area contributed by atoms with Crippen LogP contribution < -0.4 is 0 Å². The van der Waals surface area contributed by atoms with Crippen LogP contribution in [-0.2, 0) is 0 Å². The average molecular weight is 291 g/mol. The number of thiophene rings is 1. The standard InChI is InChI=1S/C16H21NO2S/c1-16(2,3)13-6-8-17(11-13)15(19)14-12(5-4-9-18)7-10-20-14/h7,10,13,18H,6,8-9,11H2,1-3H3. The van der Waals surface area contributed by atoms with Crippen molar-refractivity contribution in [3.63, 3.8) is 0 Å². The van der Waals surface area contributed by atoms with Gasteiger partial charge in [0, 0.05) is 18.7 Å². The second-order valence-corrected chi connectivity index (χ2v) is 7.14. The highest BCUT2D eigenvalue weighted by Gasteiger charge is 2.34. The van der Waals surface area contributed by atoms with Crippen LogP contribution in [0.25, 0.3) is 0 Å². The molecule has 1 saturated heterocycles. The van der Waals surface area contributed by atoms with Gasteiger partial charge in [-0.05, 0) is 29.2 Å². The molecule has 3 nitrogen and oxygen atoms in total. The molecule has 1 unspecified atom stereocenters. The summed E-state index contributed by atoms with van der Waals surface area (Å²) in [5, 5.41) is 10.6. The number of carbonyl (C=O) groups is 1. The highest BCUT2D eigenvalue weighted by molar-refractivity contribution is 7.12. The van der Waals surface area contributed by atoms with Gasteiger partial charge in [0.25, 0.3) is 5.91 Å². The molecule has 1 fully saturated rings. The van der Waals surface area contributed by atoms with E-state index in [1.54, 1.807) is 0 Å². The molecule has 1 aromatic rings. The Hall–Kier alpha value is -1.31. The summed E-state index contributed by atoms with van der Waals surface area (Å²) in [5.41, 5.74) is 0.970. The van der Waals surface area contributed by atoms with Gasteiger partial charge in [-0.25, -0.2) is 0 Å². The quantitative estimate of drug-likeness (QED) is 0.808. The largest absolute Gasteiger partial charge is 0.384 e. The van der Waals surface area contributed by atoms with Crippen LogP contribution in [0.15, 0.2) is 11.4 Å². The molecule has 0 aliphatic carbocycles. The zero-order chi connectivity index (χ0) is 14.8. The topological polar surface area (TPSA) is 40.5 Å². The van der Waals surface area contributed by atoms with Crippen molar-refractivity contribution in [3.8, 4) is 11.8 Å². The van der Waals surface area contributed by atoms with Crippen molar-refractivity contribution >= 4 is 17.2 Å². The minimum atomic E-state index is -0.181. The number of aliphatic hydroxyl groups excluding tert-OH is 1. The van der Waals surface area contributed by atoms with E-state index >= 15 is 0 Å². The third-order valence-corrected chi connectivity index (χ3v) is 4.76. The van der Waals surface area contributed by atoms with Crippen molar-refractivity contribution in [3.05, 3.63) is 21.9 Å². The van der Waals surface area contributed by atoms with E-state index in [2.05, 4.69) is 32.6 Å². The van der Waals surface area contributed by atoms with Crippen LogP contribution in [0.5, 0.6) is 0 Å². The van der Waals surface area contributed by atoms with E-state index in [0.717, 1.165) is 25.1 Å². The fourth-order valence-electron chi connectivity index (χ4n) is 2.50. The van der Waals surface area contributed by atoms with E-state index < -0.39 is 0 Å². The molecule has 0 saturated carbocycles. The maximum atomic E-state index is 12.6. The number of rotatable bonds is 1. The predicted molar refractivity (Wildman–Crippen MR) is 81.7 cm³/mol. The molecule has 0 spiro atoms. The van der Waals surface area contributed by atoms with Crippen molar-refractivity contribution in [1.29, 1.82) is 0 Å². The van der Waals surface area contributed by atoms with Gasteiger partial charge in [-0.1, -0.05) is 32.6 Å². The van der Waals surface area contributed by atoms with Crippen molar-refractivity contribution in [2.24, 2.45) is 11.3 Å². The number of hydrogen-bond acceptors (Lipinski definition) is 3. The Morgan fingerprint density at radius 3 is 2.90 bits per heavy atom. The molecule has 1 N–H and O–H groups in total. The first-order valence-corrected chi connectivity index (χ1v) is 7.78. The molecule has 1 aliphatic rings. The molecule has 0 bridgehead atoms. The van der Waals surface area contributed by atoms with Crippen LogP contribution in [-0.4, -0.2) is 35.6 Å². The summed E-state index contributed by atoms with van der Waals surface area (Å²) in [6.07, 6.45) is 1.07. The van der Waals surface area contributed by atoms with Crippen LogP contribution in [0.2, 0.25) is 0 Å². The number of carbonyl (C=O) groups excluding carboxylic acids is 1. The van der Waals surface area contributed by atoms with Crippen molar-refractivity contribution < 1.29 is 9.90 Å². The highest BCUT2D eigenvalue weighted by Crippen LogP contribution is 2.34. The molecule has 2 heterocycles. The van der Waals surface area contributed by atoms with E-state index in [4.69, 9.17) is 5.11 Å². The van der Waals surface area contributed by atoms with Gasteiger partial charge < -0.3 is 10.0 Å². The maximum absolute atomic E-state index is 12.6. The second-order valence-electron chi connectivity index (χ2n) is 6.23. The van der Waals surface area contributed by atoms with Crippen LogP contribution in [0.4, 0.5) is 0 Å². The SMILES string of the molecule is CC(C)(C)C1CCN(C(=O)c2sccc2C#CCO)C1. The molecular weight excluding hydrogens is 270 g/mol. The minimum Gasteiger partial charge on any atom is -0.384 e. The van der Waals surface area contributed by atoms with E-state index in [0.29, 0.717) is 10.8 Å². The second kappa shape index (κ2) is 5.99. The van der Waals surface area contributed by atoms with Crippen molar-refractivity contribution in [2.75, 3.05) is 19.7 Å². The number of nitrogens with zero attached hydrogens (tertiary/aromatic N) is 1. The van der Waals surface area contributed by atoms with E-state index in [-0.39, 0.29) is 17.9 Å². The number of aliphatic hydroxyl groups is 1. The van der Waals surface area contributed by atoms with Gasteiger partial charge in [0.2, 0.25) is 0 Å². The van der Waals surface area contributed by atoms with Gasteiger partial charge in [-0.2, -0.15) is 0 Å². The Bertz CT molecular complexity index is 545. The fraction of sp³-hybridized carbons (Fsp3) is 0.562. The highest BCUT2D eigenvalue weighted by atomic mass is 32.1. The lowest BCUT2D eigenvalue weighted by Gasteiger charge is -2.26. The molecule has 1 amide bonds. The van der Waals surface area contributed by atoms with Crippen LogP contribution >= 0.6 is 11.3 Å². The molecule has 4 heteroatoms. The molecule has 108 valence electrons. The first-order valence-electron chi connectivity index (χ1n) is 6.90. The predicted octanol–water partition coefficient (Wildman–Crippen LogP) is 2.60. The van der Waals surface area contributed by atoms with Gasteiger partial charge in [0.15, 0.2) is 0 Å². The smallest absolute Gasteiger partial charge is 0.265 e. The number of likely N-dealkylation sites (tertiary alicyclic amines) is 1. The summed E-state index contributed by atoms with van der Waals surface area (Å²) < 4.78 is 0. The summed E-state index contributed by atoms with van der Waals surface area (Å²) in [6.45, 7) is 8.16. The van der Waals surface area contributed by atoms with Gasteiger partial charge >= 0.3 is 0 Å². The number of amides is 1. The first kappa shape index (κ1) is 15.1. The van der Waals surface area contributed by atoms with Gasteiger partial charge in [0.1, 0.15) is 11.5 Å². The summed E-state index contributed by atoms with van der Waals surface area (Å²) in [7, 11) is 0. The zero-order valence-corrected chi connectivity index (χ0v) is 13.1. The maximum Gasteiger partial charge on any atom is 0.265 e.